The highest BCUT2D eigenvalue weighted by atomic mass is 16.3. The van der Waals surface area contributed by atoms with Crippen molar-refractivity contribution in [1.29, 1.82) is 0 Å². The van der Waals surface area contributed by atoms with E-state index in [4.69, 9.17) is 5.11 Å². The van der Waals surface area contributed by atoms with Crippen LogP contribution in [0.15, 0.2) is 18.5 Å². The zero-order chi connectivity index (χ0) is 12.1. The maximum atomic E-state index is 8.81. The van der Waals surface area contributed by atoms with Gasteiger partial charge in [-0.15, -0.1) is 0 Å². The Kier molecular flexibility index (Phi) is 4.34. The molecular formula is C13H21N3O. The van der Waals surface area contributed by atoms with Crippen molar-refractivity contribution in [1.82, 2.24) is 9.88 Å². The smallest absolute Gasteiger partial charge is 0.0556 e. The Hall–Kier alpha value is -1.13. The third-order valence-electron chi connectivity index (χ3n) is 3.23. The lowest BCUT2D eigenvalue weighted by Crippen LogP contribution is -2.46. The van der Waals surface area contributed by atoms with Gasteiger partial charge in [-0.05, 0) is 25.0 Å². The van der Waals surface area contributed by atoms with Gasteiger partial charge in [-0.1, -0.05) is 0 Å². The van der Waals surface area contributed by atoms with Crippen LogP contribution in [0.2, 0.25) is 0 Å². The first kappa shape index (κ1) is 12.3. The van der Waals surface area contributed by atoms with Gasteiger partial charge in [0.25, 0.3) is 0 Å². The number of anilines is 1. The van der Waals surface area contributed by atoms with Crippen LogP contribution in [0, 0.1) is 6.92 Å². The molecule has 1 aliphatic rings. The first-order chi connectivity index (χ1) is 8.29. The van der Waals surface area contributed by atoms with Gasteiger partial charge in [-0.3, -0.25) is 9.88 Å². The van der Waals surface area contributed by atoms with E-state index in [1.165, 1.54) is 11.3 Å². The van der Waals surface area contributed by atoms with Crippen molar-refractivity contribution < 1.29 is 5.11 Å². The van der Waals surface area contributed by atoms with Gasteiger partial charge in [0.15, 0.2) is 0 Å². The van der Waals surface area contributed by atoms with Crippen molar-refractivity contribution in [3.8, 4) is 0 Å². The minimum atomic E-state index is 0.294. The molecule has 1 aromatic heterocycles. The molecule has 0 atom stereocenters. The largest absolute Gasteiger partial charge is 0.396 e. The van der Waals surface area contributed by atoms with Crippen LogP contribution >= 0.6 is 0 Å². The number of aromatic nitrogens is 1. The molecule has 0 saturated carbocycles. The monoisotopic (exact) mass is 235 g/mol. The lowest BCUT2D eigenvalue weighted by Gasteiger charge is -2.35. The van der Waals surface area contributed by atoms with Gasteiger partial charge in [0.05, 0.1) is 11.9 Å². The average Bonchev–Trinajstić information content (AvgIpc) is 2.37. The van der Waals surface area contributed by atoms with Crippen LogP contribution in [0.1, 0.15) is 12.0 Å². The predicted molar refractivity (Wildman–Crippen MR) is 69.3 cm³/mol. The average molecular weight is 235 g/mol. The molecule has 4 nitrogen and oxygen atoms in total. The van der Waals surface area contributed by atoms with Crippen molar-refractivity contribution in [2.24, 2.45) is 0 Å². The first-order valence-electron chi connectivity index (χ1n) is 6.29. The highest BCUT2D eigenvalue weighted by Crippen LogP contribution is 2.16. The van der Waals surface area contributed by atoms with E-state index in [0.717, 1.165) is 39.1 Å². The predicted octanol–water partition coefficient (Wildman–Crippen LogP) is 0.894. The van der Waals surface area contributed by atoms with Gasteiger partial charge in [0.2, 0.25) is 0 Å². The number of piperazine rings is 1. The second kappa shape index (κ2) is 5.98. The molecule has 0 amide bonds. The van der Waals surface area contributed by atoms with Crippen LogP contribution < -0.4 is 4.90 Å². The van der Waals surface area contributed by atoms with Crippen molar-refractivity contribution in [2.75, 3.05) is 44.2 Å². The molecule has 2 rings (SSSR count). The molecule has 94 valence electrons. The fourth-order valence-corrected chi connectivity index (χ4v) is 2.24. The van der Waals surface area contributed by atoms with Crippen molar-refractivity contribution in [2.45, 2.75) is 13.3 Å². The second-order valence-corrected chi connectivity index (χ2v) is 4.63. The maximum absolute atomic E-state index is 8.81. The molecule has 1 aliphatic heterocycles. The molecule has 0 bridgehead atoms. The lowest BCUT2D eigenvalue weighted by molar-refractivity contribution is 0.216. The van der Waals surface area contributed by atoms with Gasteiger partial charge >= 0.3 is 0 Å². The summed E-state index contributed by atoms with van der Waals surface area (Å²) < 4.78 is 0. The summed E-state index contributed by atoms with van der Waals surface area (Å²) in [6.45, 7) is 7.64. The highest BCUT2D eigenvalue weighted by Gasteiger charge is 2.16. The number of rotatable bonds is 4. The Morgan fingerprint density at radius 1 is 1.24 bits per heavy atom. The summed E-state index contributed by atoms with van der Waals surface area (Å²) in [5.74, 6) is 0. The number of hydrogen-bond donors (Lipinski definition) is 1. The molecule has 0 aromatic carbocycles. The van der Waals surface area contributed by atoms with E-state index >= 15 is 0 Å². The summed E-state index contributed by atoms with van der Waals surface area (Å²) in [4.78, 5) is 9.04. The Morgan fingerprint density at radius 3 is 2.65 bits per heavy atom. The molecular weight excluding hydrogens is 214 g/mol. The molecule has 0 radical (unpaired) electrons. The Bertz CT molecular complexity index is 348. The molecule has 1 saturated heterocycles. The van der Waals surface area contributed by atoms with E-state index in [9.17, 15) is 0 Å². The van der Waals surface area contributed by atoms with Gasteiger partial charge in [-0.25, -0.2) is 0 Å². The van der Waals surface area contributed by atoms with Gasteiger partial charge in [0, 0.05) is 45.5 Å². The molecule has 2 heterocycles. The number of pyridine rings is 1. The van der Waals surface area contributed by atoms with Crippen molar-refractivity contribution in [3.05, 3.63) is 24.0 Å². The van der Waals surface area contributed by atoms with Gasteiger partial charge in [-0.2, -0.15) is 0 Å². The topological polar surface area (TPSA) is 39.6 Å². The van der Waals surface area contributed by atoms with E-state index in [1.807, 2.05) is 12.4 Å². The maximum Gasteiger partial charge on any atom is 0.0556 e. The molecule has 0 spiro atoms. The van der Waals surface area contributed by atoms with Crippen LogP contribution in [0.3, 0.4) is 0 Å². The summed E-state index contributed by atoms with van der Waals surface area (Å²) in [7, 11) is 0. The molecule has 0 aliphatic carbocycles. The van der Waals surface area contributed by atoms with Gasteiger partial charge < -0.3 is 10.0 Å². The molecule has 1 N–H and O–H groups in total. The van der Waals surface area contributed by atoms with Crippen LogP contribution in [0.4, 0.5) is 5.69 Å². The third kappa shape index (κ3) is 3.41. The Morgan fingerprint density at radius 2 is 2.00 bits per heavy atom. The minimum Gasteiger partial charge on any atom is -0.396 e. The summed E-state index contributed by atoms with van der Waals surface area (Å²) in [6.07, 6.45) is 4.71. The van der Waals surface area contributed by atoms with E-state index in [0.29, 0.717) is 6.61 Å². The number of hydrogen-bond acceptors (Lipinski definition) is 4. The number of aliphatic hydroxyl groups is 1. The van der Waals surface area contributed by atoms with Crippen LogP contribution in [-0.2, 0) is 0 Å². The molecule has 4 heteroatoms. The van der Waals surface area contributed by atoms with Gasteiger partial charge in [0.1, 0.15) is 0 Å². The van der Waals surface area contributed by atoms with E-state index in [-0.39, 0.29) is 0 Å². The summed E-state index contributed by atoms with van der Waals surface area (Å²) >= 11 is 0. The second-order valence-electron chi connectivity index (χ2n) is 4.63. The Balaban J connectivity index is 1.86. The van der Waals surface area contributed by atoms with E-state index in [2.05, 4.69) is 27.8 Å². The summed E-state index contributed by atoms with van der Waals surface area (Å²) in [5, 5.41) is 8.81. The number of aliphatic hydroxyl groups excluding tert-OH is 1. The van der Waals surface area contributed by atoms with Crippen molar-refractivity contribution in [3.63, 3.8) is 0 Å². The molecule has 1 aromatic rings. The zero-order valence-electron chi connectivity index (χ0n) is 10.5. The number of nitrogens with zero attached hydrogens (tertiary/aromatic N) is 3. The van der Waals surface area contributed by atoms with E-state index in [1.54, 1.807) is 0 Å². The standard InChI is InChI=1S/C13H21N3O/c1-12-9-13(11-14-10-12)16-6-4-15(5-7-16)3-2-8-17/h9-11,17H,2-8H2,1H3. The zero-order valence-corrected chi connectivity index (χ0v) is 10.5. The molecule has 1 fully saturated rings. The van der Waals surface area contributed by atoms with Crippen molar-refractivity contribution >= 4 is 5.69 Å². The van der Waals surface area contributed by atoms with Crippen LogP contribution in [-0.4, -0.2) is 54.3 Å². The normalized spacial score (nSPS) is 17.4. The quantitative estimate of drug-likeness (QED) is 0.841. The molecule has 17 heavy (non-hydrogen) atoms. The first-order valence-corrected chi connectivity index (χ1v) is 6.29. The summed E-state index contributed by atoms with van der Waals surface area (Å²) in [6, 6.07) is 2.19. The number of aryl methyl sites for hydroxylation is 1. The molecule has 0 unspecified atom stereocenters. The Labute approximate surface area is 103 Å². The highest BCUT2D eigenvalue weighted by molar-refractivity contribution is 5.46. The fraction of sp³-hybridized carbons (Fsp3) is 0.615. The SMILES string of the molecule is Cc1cncc(N2CCN(CCCO)CC2)c1. The van der Waals surface area contributed by atoms with Crippen LogP contribution in [0.25, 0.3) is 0 Å². The lowest BCUT2D eigenvalue weighted by atomic mass is 10.2. The fourth-order valence-electron chi connectivity index (χ4n) is 2.24. The summed E-state index contributed by atoms with van der Waals surface area (Å²) in [5.41, 5.74) is 2.44. The van der Waals surface area contributed by atoms with E-state index < -0.39 is 0 Å². The minimum absolute atomic E-state index is 0.294. The van der Waals surface area contributed by atoms with Crippen LogP contribution in [0.5, 0.6) is 0 Å². The third-order valence-corrected chi connectivity index (χ3v) is 3.23.